The van der Waals surface area contributed by atoms with Crippen molar-refractivity contribution in [3.8, 4) is 0 Å². The number of ether oxygens (including phenoxy) is 1. The molecule has 3 atom stereocenters. The molecule has 1 aliphatic heterocycles. The average Bonchev–Trinajstić information content (AvgIpc) is 3.46. The number of carbonyl (C=O) groups excluding carboxylic acids is 1. The van der Waals surface area contributed by atoms with E-state index in [4.69, 9.17) is 25.2 Å². The monoisotopic (exact) mass is 632 g/mol. The van der Waals surface area contributed by atoms with Crippen LogP contribution in [0.4, 0.5) is 20.2 Å². The summed E-state index contributed by atoms with van der Waals surface area (Å²) in [4.78, 5) is 14.1. The molecule has 6 N–H and O–H groups in total. The van der Waals surface area contributed by atoms with Gasteiger partial charge in [-0.15, -0.1) is 0 Å². The van der Waals surface area contributed by atoms with Crippen molar-refractivity contribution in [3.05, 3.63) is 95.6 Å². The summed E-state index contributed by atoms with van der Waals surface area (Å²) in [6.45, 7) is 6.25. The summed E-state index contributed by atoms with van der Waals surface area (Å²) in [6.07, 6.45) is 3.61. The Balaban J connectivity index is 0.00000128. The van der Waals surface area contributed by atoms with Gasteiger partial charge >= 0.3 is 0 Å². The van der Waals surface area contributed by atoms with Crippen LogP contribution < -0.4 is 22.2 Å². The number of benzene rings is 3. The van der Waals surface area contributed by atoms with Crippen molar-refractivity contribution in [2.45, 2.75) is 19.1 Å². The normalized spacial score (nSPS) is 16.8. The first kappa shape index (κ1) is 38.6. The van der Waals surface area contributed by atoms with Crippen LogP contribution >= 0.6 is 11.8 Å². The molecule has 1 heterocycles. The highest BCUT2D eigenvalue weighted by molar-refractivity contribution is 7.97. The number of halogens is 2. The fourth-order valence-electron chi connectivity index (χ4n) is 4.30. The topological polar surface area (TPSA) is 127 Å². The summed E-state index contributed by atoms with van der Waals surface area (Å²) in [6, 6.07) is 21.1. The Hall–Kier alpha value is -3.39. The number of thioether (sulfide) groups is 1. The molecular weight excluding hydrogens is 586 g/mol. The van der Waals surface area contributed by atoms with E-state index in [1.807, 2.05) is 73.9 Å². The number of carbonyl (C=O) groups is 1. The number of nitrogens with one attached hydrogen (secondary N) is 2. The van der Waals surface area contributed by atoms with Gasteiger partial charge in [-0.1, -0.05) is 43.3 Å². The predicted octanol–water partition coefficient (Wildman–Crippen LogP) is 4.96. The second-order valence-corrected chi connectivity index (χ2v) is 10.3. The second-order valence-electron chi connectivity index (χ2n) is 9.50. The molecule has 0 bridgehead atoms. The van der Waals surface area contributed by atoms with E-state index in [-0.39, 0.29) is 12.0 Å². The van der Waals surface area contributed by atoms with Crippen molar-refractivity contribution in [1.29, 1.82) is 0 Å². The lowest BCUT2D eigenvalue weighted by Crippen LogP contribution is -2.40. The number of rotatable bonds is 11. The third kappa shape index (κ3) is 12.7. The van der Waals surface area contributed by atoms with Gasteiger partial charge in [-0.3, -0.25) is 10.3 Å². The zero-order valence-corrected chi connectivity index (χ0v) is 27.0. The molecule has 12 heteroatoms. The molecule has 4 rings (SSSR count). The van der Waals surface area contributed by atoms with Gasteiger partial charge in [-0.25, -0.2) is 8.78 Å². The fraction of sp³-hybridized carbons (Fsp3) is 0.375. The van der Waals surface area contributed by atoms with Gasteiger partial charge in [0.25, 0.3) is 0 Å². The smallest absolute Gasteiger partial charge is 0.159 e. The van der Waals surface area contributed by atoms with Crippen molar-refractivity contribution in [3.63, 3.8) is 0 Å². The maximum atomic E-state index is 14.0. The number of hydrogen-bond donors (Lipinski definition) is 4. The van der Waals surface area contributed by atoms with E-state index in [2.05, 4.69) is 23.4 Å². The van der Waals surface area contributed by atoms with Gasteiger partial charge in [0.05, 0.1) is 24.0 Å². The van der Waals surface area contributed by atoms with Gasteiger partial charge in [0.15, 0.2) is 11.6 Å². The van der Waals surface area contributed by atoms with Crippen LogP contribution in [0.5, 0.6) is 0 Å². The van der Waals surface area contributed by atoms with Crippen molar-refractivity contribution in [2.75, 3.05) is 64.1 Å². The highest BCUT2D eigenvalue weighted by atomic mass is 32.2. The molecule has 0 spiro atoms. The lowest BCUT2D eigenvalue weighted by atomic mass is 9.96. The van der Waals surface area contributed by atoms with E-state index in [0.717, 1.165) is 23.0 Å². The molecular formula is C32H46F2N6O3S. The van der Waals surface area contributed by atoms with Crippen LogP contribution in [-0.4, -0.2) is 76.5 Å². The van der Waals surface area contributed by atoms with E-state index in [9.17, 15) is 8.78 Å². The molecule has 0 amide bonds. The van der Waals surface area contributed by atoms with E-state index >= 15 is 0 Å². The van der Waals surface area contributed by atoms with Crippen molar-refractivity contribution in [1.82, 2.24) is 10.4 Å². The molecule has 1 fully saturated rings. The lowest BCUT2D eigenvalue weighted by Gasteiger charge is -2.22. The number of anilines is 2. The Kier molecular flexibility index (Phi) is 19.5. The first-order chi connectivity index (χ1) is 21.4. The number of nitrogens with two attached hydrogens (primary N) is 2. The summed E-state index contributed by atoms with van der Waals surface area (Å²) in [5.41, 5.74) is 17.6. The van der Waals surface area contributed by atoms with Crippen LogP contribution in [-0.2, 0) is 14.4 Å². The molecule has 0 radical (unpaired) electrons. The molecule has 3 aromatic carbocycles. The first-order valence-electron chi connectivity index (χ1n) is 14.0. The zero-order chi connectivity index (χ0) is 32.9. The summed E-state index contributed by atoms with van der Waals surface area (Å²) < 4.78 is 32.8. The molecule has 44 heavy (non-hydrogen) atoms. The quantitative estimate of drug-likeness (QED) is 0.132. The molecule has 2 unspecified atom stereocenters. The van der Waals surface area contributed by atoms with Crippen LogP contribution in [0.2, 0.25) is 0 Å². The summed E-state index contributed by atoms with van der Waals surface area (Å²) in [7, 11) is 3.13. The average molecular weight is 633 g/mol. The maximum Gasteiger partial charge on any atom is 0.159 e. The van der Waals surface area contributed by atoms with Crippen LogP contribution in [0, 0.1) is 17.6 Å². The number of hydroxylamine groups is 2. The molecule has 1 saturated heterocycles. The number of para-hydroxylation sites is 1. The number of methoxy groups -OCH3 is 1. The number of nitrogen functional groups attached to an aromatic ring is 1. The van der Waals surface area contributed by atoms with E-state index < -0.39 is 17.7 Å². The summed E-state index contributed by atoms with van der Waals surface area (Å²) in [5, 5.41) is 10.1. The van der Waals surface area contributed by atoms with Crippen LogP contribution in [0.3, 0.4) is 0 Å². The number of hydrazone groups is 1. The van der Waals surface area contributed by atoms with Gasteiger partial charge in [0.2, 0.25) is 0 Å². The summed E-state index contributed by atoms with van der Waals surface area (Å²) in [5.74, 6) is -1.80. The zero-order valence-electron chi connectivity index (χ0n) is 26.1. The molecule has 3 aromatic rings. The van der Waals surface area contributed by atoms with Crippen LogP contribution in [0.25, 0.3) is 0 Å². The first-order valence-corrected chi connectivity index (χ1v) is 15.6. The largest absolute Gasteiger partial charge is 0.399 e. The fourth-order valence-corrected chi connectivity index (χ4v) is 4.30. The van der Waals surface area contributed by atoms with Crippen molar-refractivity contribution >= 4 is 35.6 Å². The Morgan fingerprint density at radius 2 is 1.77 bits per heavy atom. The Labute approximate surface area is 264 Å². The minimum atomic E-state index is -0.897. The molecule has 0 aromatic heterocycles. The predicted molar refractivity (Wildman–Crippen MR) is 179 cm³/mol. The van der Waals surface area contributed by atoms with Crippen molar-refractivity contribution in [2.24, 2.45) is 16.8 Å². The molecule has 9 nitrogen and oxygen atoms in total. The molecule has 0 saturated carbocycles. The standard InChI is InChI=1S/C28H33F2N5O2.C2H6S.CH5N.CH2O/c1-19(27(20-7-6-8-22(31)15-20)34-33-23-9-4-3-5-10-23)17-32-26-18-35(13-14-36-2)37-28(26)21-11-12-24(29)25(30)16-21;1-3-2;2*1-2/h3-12,15-16,19,26,28,32-33H,13-14,17-18,31H2,1-2H3;1-2H3;2H2,1H3;1H2/b34-27+;;;/t19?,26?,28-;;;/m0.../s1. The lowest BCUT2D eigenvalue weighted by molar-refractivity contribution is -0.154. The third-order valence-electron chi connectivity index (χ3n) is 6.26. The minimum absolute atomic E-state index is 0.0170. The van der Waals surface area contributed by atoms with E-state index in [0.29, 0.717) is 37.5 Å². The van der Waals surface area contributed by atoms with E-state index in [1.165, 1.54) is 13.1 Å². The SMILES string of the molecule is C=O.CN.COCCN1CC(NCC(C)/C(=N\Nc2ccccc2)c2cccc(N)c2)[C@H](c2ccc(F)c(F)c2)O1.CSC. The van der Waals surface area contributed by atoms with E-state index in [1.54, 1.807) is 30.0 Å². The maximum absolute atomic E-state index is 14.0. The third-order valence-corrected chi connectivity index (χ3v) is 6.26. The van der Waals surface area contributed by atoms with Crippen LogP contribution in [0.15, 0.2) is 77.9 Å². The summed E-state index contributed by atoms with van der Waals surface area (Å²) >= 11 is 1.75. The second kappa shape index (κ2) is 22.2. The van der Waals surface area contributed by atoms with Crippen LogP contribution in [0.1, 0.15) is 24.2 Å². The van der Waals surface area contributed by atoms with Crippen molar-refractivity contribution < 1.29 is 23.1 Å². The molecule has 1 aliphatic rings. The van der Waals surface area contributed by atoms with Gasteiger partial charge in [-0.2, -0.15) is 21.9 Å². The molecule has 242 valence electrons. The van der Waals surface area contributed by atoms with Gasteiger partial charge < -0.3 is 26.3 Å². The Bertz CT molecular complexity index is 1240. The molecule has 0 aliphatic carbocycles. The Morgan fingerprint density at radius 3 is 2.39 bits per heavy atom. The Morgan fingerprint density at radius 1 is 1.09 bits per heavy atom. The van der Waals surface area contributed by atoms with Gasteiger partial charge in [0, 0.05) is 43.9 Å². The highest BCUT2D eigenvalue weighted by Gasteiger charge is 2.36. The minimum Gasteiger partial charge on any atom is -0.399 e. The van der Waals surface area contributed by atoms with Gasteiger partial charge in [-0.05, 0) is 61.5 Å². The highest BCUT2D eigenvalue weighted by Crippen LogP contribution is 2.30. The number of hydrogen-bond acceptors (Lipinski definition) is 10. The van der Waals surface area contributed by atoms with Gasteiger partial charge in [0.1, 0.15) is 12.9 Å². The number of nitrogens with zero attached hydrogens (tertiary/aromatic N) is 2.